The van der Waals surface area contributed by atoms with E-state index in [9.17, 15) is 4.79 Å². The van der Waals surface area contributed by atoms with Gasteiger partial charge in [0.05, 0.1) is 24.9 Å². The predicted molar refractivity (Wildman–Crippen MR) is 128 cm³/mol. The molecule has 0 unspecified atom stereocenters. The molecule has 3 aliphatic heterocycles. The molecule has 0 aliphatic carbocycles. The number of aryl methyl sites for hydroxylation is 1. The van der Waals surface area contributed by atoms with Crippen LogP contribution < -0.4 is 0 Å². The third-order valence-corrected chi connectivity index (χ3v) is 7.24. The Morgan fingerprint density at radius 1 is 1.09 bits per heavy atom. The molecule has 1 amide bonds. The number of rotatable bonds is 4. The van der Waals surface area contributed by atoms with Crippen molar-refractivity contribution in [2.45, 2.75) is 44.9 Å². The van der Waals surface area contributed by atoms with Crippen LogP contribution in [0.3, 0.4) is 0 Å². The molecule has 6 heteroatoms. The van der Waals surface area contributed by atoms with E-state index in [2.05, 4.69) is 57.4 Å². The van der Waals surface area contributed by atoms with Gasteiger partial charge in [-0.3, -0.25) is 19.4 Å². The average Bonchev–Trinajstić information content (AvgIpc) is 3.43. The summed E-state index contributed by atoms with van der Waals surface area (Å²) in [7, 11) is 1.93. The minimum atomic E-state index is 0.264. The zero-order valence-electron chi connectivity index (χ0n) is 19.1. The van der Waals surface area contributed by atoms with Crippen molar-refractivity contribution >= 4 is 11.6 Å². The van der Waals surface area contributed by atoms with Gasteiger partial charge in [0, 0.05) is 50.0 Å². The molecule has 0 N–H and O–H groups in total. The van der Waals surface area contributed by atoms with Crippen molar-refractivity contribution in [2.75, 3.05) is 13.1 Å². The van der Waals surface area contributed by atoms with E-state index in [4.69, 9.17) is 4.99 Å². The van der Waals surface area contributed by atoms with Crippen LogP contribution in [0.4, 0.5) is 0 Å². The van der Waals surface area contributed by atoms with Gasteiger partial charge in [-0.15, -0.1) is 0 Å². The van der Waals surface area contributed by atoms with Crippen LogP contribution in [0.15, 0.2) is 59.9 Å². The van der Waals surface area contributed by atoms with Crippen LogP contribution in [0.1, 0.15) is 46.2 Å². The molecule has 168 valence electrons. The first-order valence-electron chi connectivity index (χ1n) is 11.9. The number of benzene rings is 2. The zero-order valence-corrected chi connectivity index (χ0v) is 19.1. The van der Waals surface area contributed by atoms with Crippen LogP contribution >= 0.6 is 0 Å². The van der Waals surface area contributed by atoms with Gasteiger partial charge >= 0.3 is 0 Å². The lowest BCUT2D eigenvalue weighted by molar-refractivity contribution is -0.135. The number of likely N-dealkylation sites (tertiary alicyclic amines) is 1. The molecule has 4 heterocycles. The van der Waals surface area contributed by atoms with Crippen molar-refractivity contribution in [3.05, 3.63) is 88.2 Å². The van der Waals surface area contributed by atoms with Crippen molar-refractivity contribution in [1.82, 2.24) is 19.6 Å². The Kier molecular flexibility index (Phi) is 5.10. The average molecular weight is 440 g/mol. The molecule has 1 aromatic heterocycles. The summed E-state index contributed by atoms with van der Waals surface area (Å²) in [5.41, 5.74) is 8.29. The highest BCUT2D eigenvalue weighted by Gasteiger charge is 2.33. The van der Waals surface area contributed by atoms with Gasteiger partial charge in [-0.05, 0) is 47.7 Å². The molecule has 3 aromatic rings. The van der Waals surface area contributed by atoms with E-state index in [0.717, 1.165) is 43.8 Å². The first-order valence-corrected chi connectivity index (χ1v) is 11.9. The lowest BCUT2D eigenvalue weighted by Crippen LogP contribution is -2.51. The topological polar surface area (TPSA) is 53.7 Å². The standard InChI is InChI=1S/C27H29N5O/c1-30-16-23(14-29-30)27-25-11-22-17-32(26(33)12-20(22)10-21(25)13-28-27)24-8-5-9-31(18-24)15-19-6-3-2-4-7-19/h2-4,6-7,10-11,14,16,24H,5,8-9,12-13,15,17-18H2,1H3/t24-/m1/s1. The molecule has 0 saturated carbocycles. The smallest absolute Gasteiger partial charge is 0.227 e. The normalized spacial score (nSPS) is 20.5. The highest BCUT2D eigenvalue weighted by Crippen LogP contribution is 2.31. The maximum absolute atomic E-state index is 13.2. The van der Waals surface area contributed by atoms with E-state index in [-0.39, 0.29) is 11.9 Å². The first-order chi connectivity index (χ1) is 16.1. The second kappa shape index (κ2) is 8.27. The second-order valence-electron chi connectivity index (χ2n) is 9.56. The first kappa shape index (κ1) is 20.4. The number of hydrogen-bond acceptors (Lipinski definition) is 4. The van der Waals surface area contributed by atoms with E-state index in [1.54, 1.807) is 0 Å². The van der Waals surface area contributed by atoms with Gasteiger partial charge in [-0.25, -0.2) is 0 Å². The molecule has 1 saturated heterocycles. The quantitative estimate of drug-likeness (QED) is 0.627. The summed E-state index contributed by atoms with van der Waals surface area (Å²) in [5, 5.41) is 4.32. The van der Waals surface area contributed by atoms with E-state index in [1.807, 2.05) is 24.1 Å². The number of aromatic nitrogens is 2. The van der Waals surface area contributed by atoms with Crippen LogP contribution in [0, 0.1) is 0 Å². The molecular formula is C27H29N5O. The number of fused-ring (bicyclic) bond motifs is 2. The largest absolute Gasteiger partial charge is 0.334 e. The van der Waals surface area contributed by atoms with Gasteiger partial charge in [-0.2, -0.15) is 5.10 Å². The molecule has 0 spiro atoms. The fraction of sp³-hybridized carbons (Fsp3) is 0.370. The minimum absolute atomic E-state index is 0.264. The van der Waals surface area contributed by atoms with Gasteiger partial charge < -0.3 is 4.90 Å². The van der Waals surface area contributed by atoms with Crippen LogP contribution in [-0.2, 0) is 37.9 Å². The SMILES string of the molecule is Cn1cc(C2=NCc3cc4c(cc32)CN([C@@H]2CCCN(Cc3ccccc3)C2)C(=O)C4)cn1. The predicted octanol–water partition coefficient (Wildman–Crippen LogP) is 3.32. The van der Waals surface area contributed by atoms with Gasteiger partial charge in [0.25, 0.3) is 0 Å². The van der Waals surface area contributed by atoms with E-state index in [0.29, 0.717) is 19.5 Å². The molecule has 6 nitrogen and oxygen atoms in total. The van der Waals surface area contributed by atoms with Crippen molar-refractivity contribution in [1.29, 1.82) is 0 Å². The molecule has 6 rings (SSSR count). The van der Waals surface area contributed by atoms with Gasteiger partial charge in [0.2, 0.25) is 5.91 Å². The van der Waals surface area contributed by atoms with Crippen LogP contribution in [0.2, 0.25) is 0 Å². The Morgan fingerprint density at radius 2 is 1.97 bits per heavy atom. The molecule has 2 aromatic carbocycles. The fourth-order valence-corrected chi connectivity index (χ4v) is 5.58. The highest BCUT2D eigenvalue weighted by molar-refractivity contribution is 6.15. The number of hydrogen-bond donors (Lipinski definition) is 0. The molecule has 0 bridgehead atoms. The van der Waals surface area contributed by atoms with Gasteiger partial charge in [-0.1, -0.05) is 36.4 Å². The summed E-state index contributed by atoms with van der Waals surface area (Å²) in [6, 6.07) is 15.4. The summed E-state index contributed by atoms with van der Waals surface area (Å²) >= 11 is 0. The number of carbonyl (C=O) groups excluding carboxylic acids is 1. The molecule has 33 heavy (non-hydrogen) atoms. The Labute approximate surface area is 194 Å². The summed E-state index contributed by atoms with van der Waals surface area (Å²) < 4.78 is 1.82. The zero-order chi connectivity index (χ0) is 22.4. The Bertz CT molecular complexity index is 1230. The maximum atomic E-state index is 13.2. The Morgan fingerprint density at radius 3 is 2.79 bits per heavy atom. The third kappa shape index (κ3) is 3.89. The fourth-order valence-electron chi connectivity index (χ4n) is 5.58. The number of carbonyl (C=O) groups is 1. The monoisotopic (exact) mass is 439 g/mol. The van der Waals surface area contributed by atoms with Crippen molar-refractivity contribution < 1.29 is 4.79 Å². The van der Waals surface area contributed by atoms with Crippen LogP contribution in [0.5, 0.6) is 0 Å². The summed E-state index contributed by atoms with van der Waals surface area (Å²) in [6.07, 6.45) is 6.62. The summed E-state index contributed by atoms with van der Waals surface area (Å²) in [6.45, 7) is 4.38. The third-order valence-electron chi connectivity index (χ3n) is 7.24. The molecule has 0 radical (unpaired) electrons. The number of aliphatic imine (C=N–C) groups is 1. The summed E-state index contributed by atoms with van der Waals surface area (Å²) in [5.74, 6) is 0.264. The van der Waals surface area contributed by atoms with Crippen molar-refractivity contribution in [3.8, 4) is 0 Å². The maximum Gasteiger partial charge on any atom is 0.227 e. The van der Waals surface area contributed by atoms with Crippen LogP contribution in [-0.4, -0.2) is 50.3 Å². The van der Waals surface area contributed by atoms with Crippen molar-refractivity contribution in [2.24, 2.45) is 12.0 Å². The summed E-state index contributed by atoms with van der Waals surface area (Å²) in [4.78, 5) is 22.6. The number of piperidine rings is 1. The van der Waals surface area contributed by atoms with E-state index in [1.165, 1.54) is 27.8 Å². The lowest BCUT2D eigenvalue weighted by Gasteiger charge is -2.41. The molecule has 1 fully saturated rings. The van der Waals surface area contributed by atoms with Gasteiger partial charge in [0.15, 0.2) is 0 Å². The molecule has 1 atom stereocenters. The van der Waals surface area contributed by atoms with Gasteiger partial charge in [0.1, 0.15) is 0 Å². The minimum Gasteiger partial charge on any atom is -0.334 e. The van der Waals surface area contributed by atoms with Crippen molar-refractivity contribution in [3.63, 3.8) is 0 Å². The Hall–Kier alpha value is -3.25. The second-order valence-corrected chi connectivity index (χ2v) is 9.56. The Balaban J connectivity index is 1.22. The lowest BCUT2D eigenvalue weighted by atomic mass is 9.90. The molecular weight excluding hydrogens is 410 g/mol. The molecule has 3 aliphatic rings. The number of nitrogens with zero attached hydrogens (tertiary/aromatic N) is 5. The van der Waals surface area contributed by atoms with Crippen LogP contribution in [0.25, 0.3) is 0 Å². The number of amides is 1. The highest BCUT2D eigenvalue weighted by atomic mass is 16.2. The van der Waals surface area contributed by atoms with E-state index < -0.39 is 0 Å². The van der Waals surface area contributed by atoms with E-state index >= 15 is 0 Å².